The molecule has 0 bridgehead atoms. The third-order valence-corrected chi connectivity index (χ3v) is 5.73. The van der Waals surface area contributed by atoms with Gasteiger partial charge in [-0.2, -0.15) is 0 Å². The average Bonchev–Trinajstić information content (AvgIpc) is 2.73. The average molecular weight is 401 g/mol. The summed E-state index contributed by atoms with van der Waals surface area (Å²) in [6.45, 7) is 9.25. The minimum absolute atomic E-state index is 0.129. The van der Waals surface area contributed by atoms with Crippen LogP contribution in [0, 0.1) is 13.8 Å². The van der Waals surface area contributed by atoms with Crippen LogP contribution >= 0.6 is 0 Å². The third-order valence-electron chi connectivity index (χ3n) is 5.73. The molecule has 0 unspecified atom stereocenters. The van der Waals surface area contributed by atoms with Gasteiger partial charge in [-0.3, -0.25) is 4.79 Å². The first-order valence-electron chi connectivity index (χ1n) is 10.5. The normalized spacial score (nSPS) is 15.1. The molecule has 0 saturated carbocycles. The first-order valence-corrected chi connectivity index (χ1v) is 10.5. The van der Waals surface area contributed by atoms with Crippen molar-refractivity contribution in [3.63, 3.8) is 0 Å². The summed E-state index contributed by atoms with van der Waals surface area (Å²) < 4.78 is 0. The van der Waals surface area contributed by atoms with Gasteiger partial charge in [-0.15, -0.1) is 0 Å². The highest BCUT2D eigenvalue weighted by Gasteiger charge is 2.17. The molecule has 0 saturated heterocycles. The van der Waals surface area contributed by atoms with Gasteiger partial charge in [0.25, 0.3) is 0 Å². The van der Waals surface area contributed by atoms with Crippen molar-refractivity contribution in [1.29, 1.82) is 0 Å². The third kappa shape index (κ3) is 4.20. The summed E-state index contributed by atoms with van der Waals surface area (Å²) in [6.07, 6.45) is 3.02. The zero-order valence-electron chi connectivity index (χ0n) is 18.1. The number of nitrogens with one attached hydrogen (secondary N) is 1. The van der Waals surface area contributed by atoms with Gasteiger partial charge in [0, 0.05) is 31.4 Å². The lowest BCUT2D eigenvalue weighted by Crippen LogP contribution is -2.32. The van der Waals surface area contributed by atoms with E-state index in [0.29, 0.717) is 6.54 Å². The van der Waals surface area contributed by atoms with Crippen molar-refractivity contribution in [2.45, 2.75) is 40.2 Å². The lowest BCUT2D eigenvalue weighted by molar-refractivity contribution is -0.128. The Morgan fingerprint density at radius 3 is 2.67 bits per heavy atom. The summed E-state index contributed by atoms with van der Waals surface area (Å²) in [4.78, 5) is 22.8. The van der Waals surface area contributed by atoms with Crippen LogP contribution < -0.4 is 5.32 Å². The number of fused-ring (bicyclic) bond motifs is 1. The second kappa shape index (κ2) is 8.27. The zero-order chi connectivity index (χ0) is 21.3. The van der Waals surface area contributed by atoms with Crippen molar-refractivity contribution in [3.05, 3.63) is 71.1 Å². The van der Waals surface area contributed by atoms with Crippen LogP contribution in [-0.4, -0.2) is 33.9 Å². The van der Waals surface area contributed by atoms with Gasteiger partial charge in [0.05, 0.1) is 5.52 Å². The van der Waals surface area contributed by atoms with Gasteiger partial charge >= 0.3 is 0 Å². The molecular weight excluding hydrogens is 372 g/mol. The first kappa shape index (κ1) is 20.1. The minimum Gasteiger partial charge on any atom is -0.363 e. The van der Waals surface area contributed by atoms with Crippen LogP contribution in [0.3, 0.4) is 0 Å². The van der Waals surface area contributed by atoms with E-state index in [9.17, 15) is 4.79 Å². The molecule has 0 fully saturated rings. The molecule has 0 spiro atoms. The second-order valence-electron chi connectivity index (χ2n) is 8.08. The number of nitrogens with zero attached hydrogens (tertiary/aromatic N) is 3. The van der Waals surface area contributed by atoms with Crippen molar-refractivity contribution >= 4 is 28.2 Å². The van der Waals surface area contributed by atoms with E-state index >= 15 is 0 Å². The number of carbonyl (C=O) groups is 1. The van der Waals surface area contributed by atoms with E-state index in [2.05, 4.69) is 72.7 Å². The Hall–Kier alpha value is -3.21. The van der Waals surface area contributed by atoms with E-state index in [4.69, 9.17) is 4.98 Å². The van der Waals surface area contributed by atoms with Gasteiger partial charge in [0.2, 0.25) is 5.91 Å². The number of aryl methyl sites for hydroxylation is 2. The number of amides is 1. The summed E-state index contributed by atoms with van der Waals surface area (Å²) in [6, 6.07) is 15.0. The maximum atomic E-state index is 11.6. The summed E-state index contributed by atoms with van der Waals surface area (Å²) >= 11 is 0. The van der Waals surface area contributed by atoms with Gasteiger partial charge in [-0.25, -0.2) is 9.97 Å². The first-order chi connectivity index (χ1) is 14.4. The van der Waals surface area contributed by atoms with Crippen LogP contribution in [0.5, 0.6) is 0 Å². The number of hydrogen-bond acceptors (Lipinski definition) is 4. The molecule has 5 nitrogen and oxygen atoms in total. The molecule has 5 heteroatoms. The highest BCUT2D eigenvalue weighted by atomic mass is 16.2. The molecule has 0 radical (unpaired) electrons. The standard InChI is InChI=1S/C25H28N4O/c1-16-6-5-7-21(14-16)17(2)26-25-23-15-22(8-9-24(23)27-18(3)28-25)20-10-12-29(13-11-20)19(4)30/h5-10,14-15,17H,11-13H2,1-4H3,(H,26,27,28)/t17-/m1/s1. The molecule has 1 aliphatic heterocycles. The number of hydrogen-bond donors (Lipinski definition) is 1. The van der Waals surface area contributed by atoms with E-state index < -0.39 is 0 Å². The fourth-order valence-electron chi connectivity index (χ4n) is 4.00. The largest absolute Gasteiger partial charge is 0.363 e. The molecule has 4 rings (SSSR count). The zero-order valence-corrected chi connectivity index (χ0v) is 18.1. The summed E-state index contributed by atoms with van der Waals surface area (Å²) in [5, 5.41) is 4.62. The molecule has 1 atom stereocenters. The quantitative estimate of drug-likeness (QED) is 0.665. The molecular formula is C25H28N4O. The maximum absolute atomic E-state index is 11.6. The maximum Gasteiger partial charge on any atom is 0.219 e. The van der Waals surface area contributed by atoms with Gasteiger partial charge in [-0.1, -0.05) is 42.0 Å². The van der Waals surface area contributed by atoms with Crippen LogP contribution in [0.4, 0.5) is 5.82 Å². The van der Waals surface area contributed by atoms with Crippen LogP contribution in [0.25, 0.3) is 16.5 Å². The SMILES string of the molecule is CC(=O)N1CC=C(c2ccc3nc(C)nc(N[C@H](C)c4cccc(C)c4)c3c2)CC1. The molecule has 3 aromatic rings. The Morgan fingerprint density at radius 2 is 1.97 bits per heavy atom. The van der Waals surface area contributed by atoms with E-state index in [1.54, 1.807) is 6.92 Å². The van der Waals surface area contributed by atoms with E-state index in [1.165, 1.54) is 22.3 Å². The van der Waals surface area contributed by atoms with Crippen molar-refractivity contribution in [2.24, 2.45) is 0 Å². The van der Waals surface area contributed by atoms with Crippen molar-refractivity contribution in [2.75, 3.05) is 18.4 Å². The van der Waals surface area contributed by atoms with Crippen molar-refractivity contribution in [1.82, 2.24) is 14.9 Å². The Morgan fingerprint density at radius 1 is 1.13 bits per heavy atom. The monoisotopic (exact) mass is 400 g/mol. The summed E-state index contributed by atoms with van der Waals surface area (Å²) in [5.41, 5.74) is 5.86. The summed E-state index contributed by atoms with van der Waals surface area (Å²) in [5.74, 6) is 1.74. The van der Waals surface area contributed by atoms with Gasteiger partial charge in [0.15, 0.2) is 0 Å². The number of benzene rings is 2. The van der Waals surface area contributed by atoms with Gasteiger partial charge in [0.1, 0.15) is 11.6 Å². The predicted molar refractivity (Wildman–Crippen MR) is 122 cm³/mol. The number of aromatic nitrogens is 2. The Kier molecular flexibility index (Phi) is 5.53. The molecule has 0 aliphatic carbocycles. The minimum atomic E-state index is 0.129. The molecule has 2 aromatic carbocycles. The Balaban J connectivity index is 1.68. The van der Waals surface area contributed by atoms with Crippen molar-refractivity contribution in [3.8, 4) is 0 Å². The lowest BCUT2D eigenvalue weighted by atomic mass is 9.97. The van der Waals surface area contributed by atoms with Crippen LogP contribution in [0.2, 0.25) is 0 Å². The molecule has 30 heavy (non-hydrogen) atoms. The second-order valence-corrected chi connectivity index (χ2v) is 8.08. The molecule has 1 aliphatic rings. The van der Waals surface area contributed by atoms with Gasteiger partial charge in [-0.05, 0) is 56.0 Å². The lowest BCUT2D eigenvalue weighted by Gasteiger charge is -2.25. The van der Waals surface area contributed by atoms with Gasteiger partial charge < -0.3 is 10.2 Å². The number of carbonyl (C=O) groups excluding carboxylic acids is 1. The fraction of sp³-hybridized carbons (Fsp3) is 0.320. The number of anilines is 1. The van der Waals surface area contributed by atoms with E-state index in [-0.39, 0.29) is 11.9 Å². The predicted octanol–water partition coefficient (Wildman–Crippen LogP) is 5.06. The molecule has 1 amide bonds. The van der Waals surface area contributed by atoms with E-state index in [1.807, 2.05) is 11.8 Å². The van der Waals surface area contributed by atoms with Crippen LogP contribution in [0.15, 0.2) is 48.5 Å². The van der Waals surface area contributed by atoms with Crippen molar-refractivity contribution < 1.29 is 4.79 Å². The van der Waals surface area contributed by atoms with E-state index in [0.717, 1.165) is 35.5 Å². The summed E-state index contributed by atoms with van der Waals surface area (Å²) in [7, 11) is 0. The van der Waals surface area contributed by atoms with Crippen LogP contribution in [-0.2, 0) is 4.79 Å². The molecule has 1 aromatic heterocycles. The molecule has 2 heterocycles. The highest BCUT2D eigenvalue weighted by molar-refractivity contribution is 5.92. The molecule has 1 N–H and O–H groups in total. The highest BCUT2D eigenvalue weighted by Crippen LogP contribution is 2.30. The fourth-order valence-corrected chi connectivity index (χ4v) is 4.00. The van der Waals surface area contributed by atoms with Crippen LogP contribution in [0.1, 0.15) is 48.8 Å². The smallest absolute Gasteiger partial charge is 0.219 e. The Labute approximate surface area is 177 Å². The molecule has 154 valence electrons. The Bertz CT molecular complexity index is 1140. The number of rotatable bonds is 4. The topological polar surface area (TPSA) is 58.1 Å².